The van der Waals surface area contributed by atoms with Gasteiger partial charge in [-0.25, -0.2) is 9.97 Å². The summed E-state index contributed by atoms with van der Waals surface area (Å²) < 4.78 is 0. The molecule has 5 aromatic rings. The fourth-order valence-electron chi connectivity index (χ4n) is 4.77. The van der Waals surface area contributed by atoms with Crippen LogP contribution < -0.4 is 10.2 Å². The van der Waals surface area contributed by atoms with E-state index in [1.165, 1.54) is 24.9 Å². The Morgan fingerprint density at radius 2 is 1.91 bits per heavy atom. The van der Waals surface area contributed by atoms with Gasteiger partial charge in [0.2, 0.25) is 0 Å². The van der Waals surface area contributed by atoms with Gasteiger partial charge in [-0.15, -0.1) is 0 Å². The molecule has 0 amide bonds. The van der Waals surface area contributed by atoms with Gasteiger partial charge < -0.3 is 15.2 Å². The lowest BCUT2D eigenvalue weighted by Gasteiger charge is -2.28. The van der Waals surface area contributed by atoms with Crippen LogP contribution >= 0.6 is 0 Å². The summed E-state index contributed by atoms with van der Waals surface area (Å²) in [4.78, 5) is 20.0. The van der Waals surface area contributed by atoms with Crippen molar-refractivity contribution in [3.63, 3.8) is 0 Å². The fraction of sp³-hybridized carbons (Fsp3) is 0.308. The Morgan fingerprint density at radius 1 is 1.03 bits per heavy atom. The lowest BCUT2D eigenvalue weighted by atomic mass is 10.1. The smallest absolute Gasteiger partial charge is 0.181 e. The molecule has 6 rings (SSSR count). The molecule has 0 saturated carbocycles. The third-order valence-corrected chi connectivity index (χ3v) is 6.54. The first kappa shape index (κ1) is 20.8. The molecule has 0 bridgehead atoms. The van der Waals surface area contributed by atoms with Crippen molar-refractivity contribution in [2.75, 3.05) is 24.5 Å². The maximum absolute atomic E-state index is 5.01. The number of piperidine rings is 1. The Morgan fingerprint density at radius 3 is 2.79 bits per heavy atom. The van der Waals surface area contributed by atoms with Crippen molar-refractivity contribution >= 4 is 27.8 Å². The number of aromatic amines is 2. The highest BCUT2D eigenvalue weighted by Crippen LogP contribution is 2.32. The second kappa shape index (κ2) is 8.87. The standard InChI is InChI=1S/C26H28N8/c1-2-27-13-17-11-18(15-28-14-17)19-12-20-23(32-33-25(20)29-16-19)26-30-21-7-6-8-22(24(21)31-26)34-9-4-3-5-10-34/h6-8,11-12,14-16,27H,2-5,9-10,13H2,1H3,(H,30,31)(H,29,32,33). The molecule has 8 heteroatoms. The highest BCUT2D eigenvalue weighted by Gasteiger charge is 2.18. The van der Waals surface area contributed by atoms with Gasteiger partial charge in [0.1, 0.15) is 11.2 Å². The van der Waals surface area contributed by atoms with E-state index in [0.29, 0.717) is 5.65 Å². The number of para-hydroxylation sites is 1. The Labute approximate surface area is 197 Å². The van der Waals surface area contributed by atoms with Crippen LogP contribution in [0.2, 0.25) is 0 Å². The van der Waals surface area contributed by atoms with Gasteiger partial charge in [-0.3, -0.25) is 10.1 Å². The molecule has 5 heterocycles. The minimum atomic E-state index is 0.673. The molecule has 0 radical (unpaired) electrons. The van der Waals surface area contributed by atoms with Crippen molar-refractivity contribution in [2.24, 2.45) is 0 Å². The van der Waals surface area contributed by atoms with Crippen LogP contribution in [-0.4, -0.2) is 49.8 Å². The fourth-order valence-corrected chi connectivity index (χ4v) is 4.77. The largest absolute Gasteiger partial charge is 0.370 e. The number of nitrogens with one attached hydrogen (secondary N) is 3. The van der Waals surface area contributed by atoms with E-state index in [4.69, 9.17) is 4.98 Å². The maximum Gasteiger partial charge on any atom is 0.181 e. The minimum Gasteiger partial charge on any atom is -0.370 e. The second-order valence-electron chi connectivity index (χ2n) is 8.86. The first-order chi connectivity index (χ1) is 16.8. The maximum atomic E-state index is 5.01. The first-order valence-corrected chi connectivity index (χ1v) is 12.0. The van der Waals surface area contributed by atoms with Crippen LogP contribution in [0.1, 0.15) is 31.7 Å². The predicted octanol–water partition coefficient (Wildman–Crippen LogP) is 4.66. The summed E-state index contributed by atoms with van der Waals surface area (Å²) in [5, 5.41) is 11.9. The van der Waals surface area contributed by atoms with Crippen LogP contribution in [0.15, 0.2) is 48.9 Å². The SMILES string of the molecule is CCNCc1cncc(-c2cnc3n[nH]c(-c4nc5c(N6CCCCC6)cccc5[nH]4)c3c2)c1. The molecule has 34 heavy (non-hydrogen) atoms. The van der Waals surface area contributed by atoms with Gasteiger partial charge in [-0.05, 0) is 55.6 Å². The van der Waals surface area contributed by atoms with Crippen LogP contribution in [0.4, 0.5) is 5.69 Å². The number of hydrogen-bond acceptors (Lipinski definition) is 6. The second-order valence-corrected chi connectivity index (χ2v) is 8.86. The zero-order valence-corrected chi connectivity index (χ0v) is 19.3. The number of nitrogens with zero attached hydrogens (tertiary/aromatic N) is 5. The first-order valence-electron chi connectivity index (χ1n) is 12.0. The van der Waals surface area contributed by atoms with Crippen LogP contribution in [-0.2, 0) is 6.54 Å². The van der Waals surface area contributed by atoms with Crippen LogP contribution in [0, 0.1) is 0 Å². The Kier molecular flexibility index (Phi) is 5.43. The summed E-state index contributed by atoms with van der Waals surface area (Å²) in [5.41, 5.74) is 7.95. The lowest BCUT2D eigenvalue weighted by Crippen LogP contribution is -2.29. The molecule has 172 valence electrons. The summed E-state index contributed by atoms with van der Waals surface area (Å²) >= 11 is 0. The Bertz CT molecular complexity index is 1440. The van der Waals surface area contributed by atoms with Crippen molar-refractivity contribution < 1.29 is 0 Å². The lowest BCUT2D eigenvalue weighted by molar-refractivity contribution is 0.579. The molecule has 1 aliphatic heterocycles. The van der Waals surface area contributed by atoms with Gasteiger partial charge in [0.05, 0.1) is 16.6 Å². The average molecular weight is 453 g/mol. The number of rotatable bonds is 6. The van der Waals surface area contributed by atoms with Crippen molar-refractivity contribution in [3.05, 3.63) is 54.5 Å². The number of fused-ring (bicyclic) bond motifs is 2. The number of anilines is 1. The predicted molar refractivity (Wildman–Crippen MR) is 136 cm³/mol. The molecule has 1 fully saturated rings. The molecule has 0 aliphatic carbocycles. The Balaban J connectivity index is 1.40. The number of benzene rings is 1. The molecular formula is C26H28N8. The normalized spacial score (nSPS) is 14.3. The number of H-pyrrole nitrogens is 2. The van der Waals surface area contributed by atoms with Crippen molar-refractivity contribution in [1.82, 2.24) is 35.5 Å². The molecule has 4 aromatic heterocycles. The summed E-state index contributed by atoms with van der Waals surface area (Å²) in [6.45, 7) is 5.99. The van der Waals surface area contributed by atoms with E-state index >= 15 is 0 Å². The quantitative estimate of drug-likeness (QED) is 0.347. The molecule has 1 aliphatic rings. The van der Waals surface area contributed by atoms with Gasteiger partial charge in [-0.1, -0.05) is 13.0 Å². The number of hydrogen-bond donors (Lipinski definition) is 3. The van der Waals surface area contributed by atoms with E-state index in [1.807, 2.05) is 18.6 Å². The molecule has 0 spiro atoms. The van der Waals surface area contributed by atoms with E-state index in [9.17, 15) is 0 Å². The van der Waals surface area contributed by atoms with Crippen LogP contribution in [0.5, 0.6) is 0 Å². The van der Waals surface area contributed by atoms with E-state index in [1.54, 1.807) is 0 Å². The topological polar surface area (TPSA) is 98.4 Å². The van der Waals surface area contributed by atoms with Gasteiger partial charge >= 0.3 is 0 Å². The van der Waals surface area contributed by atoms with E-state index in [2.05, 4.69) is 72.6 Å². The molecule has 1 saturated heterocycles. The van der Waals surface area contributed by atoms with Gasteiger partial charge in [0.15, 0.2) is 11.5 Å². The van der Waals surface area contributed by atoms with E-state index in [-0.39, 0.29) is 0 Å². The van der Waals surface area contributed by atoms with Crippen molar-refractivity contribution in [1.29, 1.82) is 0 Å². The van der Waals surface area contributed by atoms with Crippen molar-refractivity contribution in [2.45, 2.75) is 32.7 Å². The number of aromatic nitrogens is 6. The highest BCUT2D eigenvalue weighted by molar-refractivity contribution is 5.96. The summed E-state index contributed by atoms with van der Waals surface area (Å²) in [6.07, 6.45) is 9.41. The van der Waals surface area contributed by atoms with Crippen molar-refractivity contribution in [3.8, 4) is 22.6 Å². The van der Waals surface area contributed by atoms with Gasteiger partial charge in [-0.2, -0.15) is 5.10 Å². The molecule has 3 N–H and O–H groups in total. The third kappa shape index (κ3) is 3.80. The zero-order valence-electron chi connectivity index (χ0n) is 19.3. The number of imidazole rings is 1. The molecule has 1 aromatic carbocycles. The van der Waals surface area contributed by atoms with E-state index in [0.717, 1.165) is 70.8 Å². The molecule has 0 atom stereocenters. The van der Waals surface area contributed by atoms with Gasteiger partial charge in [0, 0.05) is 49.4 Å². The summed E-state index contributed by atoms with van der Waals surface area (Å²) in [6, 6.07) is 10.6. The Hall–Kier alpha value is -3.78. The monoisotopic (exact) mass is 452 g/mol. The zero-order chi connectivity index (χ0) is 22.9. The summed E-state index contributed by atoms with van der Waals surface area (Å²) in [7, 11) is 0. The average Bonchev–Trinajstić information content (AvgIpc) is 3.51. The molecule has 8 nitrogen and oxygen atoms in total. The highest BCUT2D eigenvalue weighted by atomic mass is 15.2. The summed E-state index contributed by atoms with van der Waals surface area (Å²) in [5.74, 6) is 0.778. The van der Waals surface area contributed by atoms with Gasteiger partial charge in [0.25, 0.3) is 0 Å². The molecule has 0 unspecified atom stereocenters. The number of pyridine rings is 2. The van der Waals surface area contributed by atoms with Crippen LogP contribution in [0.25, 0.3) is 44.7 Å². The van der Waals surface area contributed by atoms with E-state index < -0.39 is 0 Å². The van der Waals surface area contributed by atoms with Crippen LogP contribution in [0.3, 0.4) is 0 Å². The third-order valence-electron chi connectivity index (χ3n) is 6.54. The minimum absolute atomic E-state index is 0.673. The molecular weight excluding hydrogens is 424 g/mol.